The molecule has 2 N–H and O–H groups in total. The normalized spacial score (nSPS) is 18.2. The fourth-order valence-corrected chi connectivity index (χ4v) is 2.89. The summed E-state index contributed by atoms with van der Waals surface area (Å²) in [5.41, 5.74) is 1.24. The lowest BCUT2D eigenvalue weighted by Gasteiger charge is -2.19. The lowest BCUT2D eigenvalue weighted by molar-refractivity contribution is 0.187. The predicted molar refractivity (Wildman–Crippen MR) is 115 cm³/mol. The van der Waals surface area contributed by atoms with Crippen LogP contribution in [-0.4, -0.2) is 32.3 Å². The summed E-state index contributed by atoms with van der Waals surface area (Å²) in [4.78, 5) is 4.77. The Morgan fingerprint density at radius 1 is 1.23 bits per heavy atom. The minimum absolute atomic E-state index is 0. The average Bonchev–Trinajstić information content (AvgIpc) is 3.34. The quantitative estimate of drug-likeness (QED) is 0.368. The van der Waals surface area contributed by atoms with Crippen molar-refractivity contribution in [3.05, 3.63) is 60.1 Å². The van der Waals surface area contributed by atoms with Gasteiger partial charge in [0, 0.05) is 32.0 Å². The van der Waals surface area contributed by atoms with Crippen LogP contribution in [-0.2, 0) is 11.2 Å². The smallest absolute Gasteiger partial charge is 0.191 e. The van der Waals surface area contributed by atoms with E-state index < -0.39 is 0 Å². The molecule has 0 saturated carbocycles. The van der Waals surface area contributed by atoms with E-state index in [0.717, 1.165) is 50.9 Å². The van der Waals surface area contributed by atoms with Crippen molar-refractivity contribution in [2.45, 2.75) is 25.8 Å². The third-order valence-corrected chi connectivity index (χ3v) is 4.43. The van der Waals surface area contributed by atoms with Gasteiger partial charge in [0.25, 0.3) is 0 Å². The summed E-state index contributed by atoms with van der Waals surface area (Å²) in [5, 5.41) is 6.93. The summed E-state index contributed by atoms with van der Waals surface area (Å²) in [6.45, 7) is 5.39. The van der Waals surface area contributed by atoms with E-state index in [1.54, 1.807) is 6.26 Å². The zero-order valence-electron chi connectivity index (χ0n) is 15.2. The highest BCUT2D eigenvalue weighted by Crippen LogP contribution is 2.13. The maximum absolute atomic E-state index is 5.45. The summed E-state index contributed by atoms with van der Waals surface area (Å²) in [6, 6.07) is 14.5. The molecule has 0 spiro atoms. The van der Waals surface area contributed by atoms with Crippen molar-refractivity contribution in [3.63, 3.8) is 0 Å². The average molecular weight is 469 g/mol. The first-order valence-corrected chi connectivity index (χ1v) is 9.01. The molecule has 0 radical (unpaired) electrons. The van der Waals surface area contributed by atoms with Gasteiger partial charge >= 0.3 is 0 Å². The van der Waals surface area contributed by atoms with Gasteiger partial charge in [-0.15, -0.1) is 24.0 Å². The molecule has 2 aromatic rings. The van der Waals surface area contributed by atoms with E-state index in [4.69, 9.17) is 14.1 Å². The number of halogens is 1. The van der Waals surface area contributed by atoms with Crippen LogP contribution in [0.3, 0.4) is 0 Å². The second-order valence-electron chi connectivity index (χ2n) is 6.45. The van der Waals surface area contributed by atoms with E-state index in [2.05, 4.69) is 41.8 Å². The maximum atomic E-state index is 5.45. The van der Waals surface area contributed by atoms with Gasteiger partial charge in [0.15, 0.2) is 5.96 Å². The number of guanidine groups is 1. The van der Waals surface area contributed by atoms with Gasteiger partial charge in [-0.05, 0) is 31.0 Å². The number of benzene rings is 1. The molecule has 1 aromatic carbocycles. The van der Waals surface area contributed by atoms with E-state index in [-0.39, 0.29) is 30.0 Å². The molecular weight excluding hydrogens is 441 g/mol. The van der Waals surface area contributed by atoms with Crippen molar-refractivity contribution in [1.82, 2.24) is 10.6 Å². The highest BCUT2D eigenvalue weighted by molar-refractivity contribution is 14.0. The minimum atomic E-state index is 0. The third-order valence-electron chi connectivity index (χ3n) is 4.43. The Morgan fingerprint density at radius 3 is 2.77 bits per heavy atom. The molecule has 1 aliphatic rings. The van der Waals surface area contributed by atoms with E-state index in [1.165, 1.54) is 5.56 Å². The number of nitrogens with zero attached hydrogens (tertiary/aromatic N) is 1. The molecule has 6 heteroatoms. The van der Waals surface area contributed by atoms with Crippen LogP contribution in [0.1, 0.15) is 30.7 Å². The first kappa shape index (κ1) is 20.8. The number of hydrogen-bond donors (Lipinski definition) is 2. The van der Waals surface area contributed by atoms with Gasteiger partial charge in [0.05, 0.1) is 18.9 Å². The lowest BCUT2D eigenvalue weighted by Crippen LogP contribution is -2.40. The fourth-order valence-electron chi connectivity index (χ4n) is 2.89. The van der Waals surface area contributed by atoms with Gasteiger partial charge in [-0.3, -0.25) is 4.99 Å². The standard InChI is InChI=1S/C20H27N3O2.HI/c1-16(18-6-3-2-4-7-18)23-20(22-14-17-10-13-24-15-17)21-11-9-19-8-5-12-25-19;/h2-8,12,16-17H,9-11,13-15H2,1H3,(H2,21,22,23);1H. The number of hydrogen-bond acceptors (Lipinski definition) is 3. The molecule has 26 heavy (non-hydrogen) atoms. The van der Waals surface area contributed by atoms with Crippen molar-refractivity contribution < 1.29 is 9.15 Å². The summed E-state index contributed by atoms with van der Waals surface area (Å²) < 4.78 is 10.8. The van der Waals surface area contributed by atoms with Gasteiger partial charge in [-0.25, -0.2) is 0 Å². The molecule has 1 aliphatic heterocycles. The summed E-state index contributed by atoms with van der Waals surface area (Å²) >= 11 is 0. The lowest BCUT2D eigenvalue weighted by atomic mass is 10.1. The number of aliphatic imine (C=N–C) groups is 1. The van der Waals surface area contributed by atoms with Crippen LogP contribution in [0.2, 0.25) is 0 Å². The Hall–Kier alpha value is -1.54. The van der Waals surface area contributed by atoms with E-state index in [9.17, 15) is 0 Å². The van der Waals surface area contributed by atoms with Crippen LogP contribution < -0.4 is 10.6 Å². The summed E-state index contributed by atoms with van der Waals surface area (Å²) in [5.74, 6) is 2.35. The second-order valence-corrected chi connectivity index (χ2v) is 6.45. The number of furan rings is 1. The maximum Gasteiger partial charge on any atom is 0.191 e. The van der Waals surface area contributed by atoms with Crippen LogP contribution in [0.5, 0.6) is 0 Å². The van der Waals surface area contributed by atoms with Crippen molar-refractivity contribution in [2.24, 2.45) is 10.9 Å². The van der Waals surface area contributed by atoms with Gasteiger partial charge in [-0.2, -0.15) is 0 Å². The van der Waals surface area contributed by atoms with Crippen molar-refractivity contribution >= 4 is 29.9 Å². The summed E-state index contributed by atoms with van der Waals surface area (Å²) in [7, 11) is 0. The van der Waals surface area contributed by atoms with Gasteiger partial charge in [0.1, 0.15) is 5.76 Å². The van der Waals surface area contributed by atoms with E-state index >= 15 is 0 Å². The molecule has 2 unspecified atom stereocenters. The van der Waals surface area contributed by atoms with E-state index in [1.807, 2.05) is 18.2 Å². The van der Waals surface area contributed by atoms with Crippen molar-refractivity contribution in [3.8, 4) is 0 Å². The molecule has 1 fully saturated rings. The molecule has 1 saturated heterocycles. The number of ether oxygens (including phenoxy) is 1. The van der Waals surface area contributed by atoms with Crippen LogP contribution in [0.15, 0.2) is 58.1 Å². The van der Waals surface area contributed by atoms with Crippen LogP contribution in [0.25, 0.3) is 0 Å². The van der Waals surface area contributed by atoms with Crippen LogP contribution >= 0.6 is 24.0 Å². The molecule has 0 bridgehead atoms. The monoisotopic (exact) mass is 469 g/mol. The highest BCUT2D eigenvalue weighted by atomic mass is 127. The molecule has 3 rings (SSSR count). The Labute approximate surface area is 172 Å². The fraction of sp³-hybridized carbons (Fsp3) is 0.450. The van der Waals surface area contributed by atoms with Crippen molar-refractivity contribution in [2.75, 3.05) is 26.3 Å². The van der Waals surface area contributed by atoms with Crippen molar-refractivity contribution in [1.29, 1.82) is 0 Å². The van der Waals surface area contributed by atoms with Gasteiger partial charge < -0.3 is 19.8 Å². The first-order chi connectivity index (χ1) is 12.3. The predicted octanol–water partition coefficient (Wildman–Crippen LogP) is 3.77. The second kappa shape index (κ2) is 11.2. The first-order valence-electron chi connectivity index (χ1n) is 9.01. The molecular formula is C20H28IN3O2. The molecule has 2 heterocycles. The largest absolute Gasteiger partial charge is 0.469 e. The van der Waals surface area contributed by atoms with Gasteiger partial charge in [0.2, 0.25) is 0 Å². The van der Waals surface area contributed by atoms with Crippen LogP contribution in [0.4, 0.5) is 0 Å². The van der Waals surface area contributed by atoms with Gasteiger partial charge in [-0.1, -0.05) is 30.3 Å². The van der Waals surface area contributed by atoms with Crippen LogP contribution in [0, 0.1) is 5.92 Å². The zero-order chi connectivity index (χ0) is 17.3. The molecule has 2 atom stereocenters. The highest BCUT2D eigenvalue weighted by Gasteiger charge is 2.15. The zero-order valence-corrected chi connectivity index (χ0v) is 17.5. The molecule has 0 amide bonds. The molecule has 5 nitrogen and oxygen atoms in total. The number of rotatable bonds is 7. The summed E-state index contributed by atoms with van der Waals surface area (Å²) in [6.07, 6.45) is 3.64. The van der Waals surface area contributed by atoms with E-state index in [0.29, 0.717) is 5.92 Å². The SMILES string of the molecule is CC(NC(=NCC1CCOC1)NCCc1ccco1)c1ccccc1.I. The Kier molecular flexibility index (Phi) is 8.97. The Morgan fingerprint density at radius 2 is 2.08 bits per heavy atom. The minimum Gasteiger partial charge on any atom is -0.469 e. The third kappa shape index (κ3) is 6.64. The Bertz CT molecular complexity index is 640. The topological polar surface area (TPSA) is 58.8 Å². The molecule has 0 aliphatic carbocycles. The number of nitrogens with one attached hydrogen (secondary N) is 2. The molecule has 1 aromatic heterocycles. The Balaban J connectivity index is 0.00000243. The molecule has 142 valence electrons.